The van der Waals surface area contributed by atoms with Gasteiger partial charge in [-0.25, -0.2) is 0 Å². The van der Waals surface area contributed by atoms with E-state index in [0.717, 1.165) is 0 Å². The van der Waals surface area contributed by atoms with E-state index in [0.29, 0.717) is 0 Å². The molecule has 0 saturated carbocycles. The van der Waals surface area contributed by atoms with Crippen LogP contribution in [0.2, 0.25) is 0 Å². The van der Waals surface area contributed by atoms with E-state index in [2.05, 4.69) is 34.1 Å². The first-order chi connectivity index (χ1) is 7.95. The Balaban J connectivity index is 2.21. The molecular formula is C14H14BiN. The quantitative estimate of drug-likeness (QED) is 0.582. The van der Waals surface area contributed by atoms with E-state index in [4.69, 9.17) is 2.87 Å². The van der Waals surface area contributed by atoms with Gasteiger partial charge in [-0.15, -0.1) is 0 Å². The van der Waals surface area contributed by atoms with Crippen molar-refractivity contribution in [1.29, 1.82) is 0 Å². The molecule has 0 saturated heterocycles. The Hall–Kier alpha value is -0.617. The van der Waals surface area contributed by atoms with Crippen LogP contribution in [0.15, 0.2) is 36.6 Å². The summed E-state index contributed by atoms with van der Waals surface area (Å²) in [4.78, 5) is 0. The second kappa shape index (κ2) is 4.71. The van der Waals surface area contributed by atoms with E-state index in [1.54, 1.807) is 0 Å². The van der Waals surface area contributed by atoms with Crippen LogP contribution >= 0.6 is 0 Å². The van der Waals surface area contributed by atoms with E-state index in [1.165, 1.54) is 48.1 Å². The summed E-state index contributed by atoms with van der Waals surface area (Å²) in [6, 6.07) is 8.77. The van der Waals surface area contributed by atoms with Crippen LogP contribution in [0.3, 0.4) is 0 Å². The molecule has 1 heterocycles. The fourth-order valence-corrected chi connectivity index (χ4v) is 4.97. The van der Waals surface area contributed by atoms with Gasteiger partial charge in [0.1, 0.15) is 0 Å². The second-order valence-corrected chi connectivity index (χ2v) is 7.09. The molecule has 1 aromatic rings. The van der Waals surface area contributed by atoms with E-state index >= 15 is 0 Å². The van der Waals surface area contributed by atoms with E-state index in [1.807, 2.05) is 0 Å². The zero-order chi connectivity index (χ0) is 10.8. The van der Waals surface area contributed by atoms with Crippen molar-refractivity contribution in [3.8, 4) is 0 Å². The van der Waals surface area contributed by atoms with Gasteiger partial charge in [0.15, 0.2) is 0 Å². The van der Waals surface area contributed by atoms with Crippen LogP contribution in [-0.4, -0.2) is 23.1 Å². The van der Waals surface area contributed by atoms with E-state index in [9.17, 15) is 0 Å². The molecule has 0 spiro atoms. The predicted molar refractivity (Wildman–Crippen MR) is 69.0 cm³/mol. The standard InChI is InChI=1S/C14H14N.Bi/c1-2-11-7-3-4-8-12(11)13-9-5-6-10-14(13)15;/h1-4,7-8H,5-6,9-10H2;. The predicted octanol–water partition coefficient (Wildman–Crippen LogP) is 3.84. The molecule has 0 aromatic heterocycles. The Morgan fingerprint density at radius 2 is 1.94 bits per heavy atom. The number of allylic oxidation sites excluding steroid dienone is 2. The maximum absolute atomic E-state index is 4.88. The monoisotopic (exact) mass is 405 g/mol. The van der Waals surface area contributed by atoms with Gasteiger partial charge >= 0.3 is 108 Å². The van der Waals surface area contributed by atoms with Crippen molar-refractivity contribution >= 4 is 34.7 Å². The molecule has 2 aliphatic rings. The Labute approximate surface area is 108 Å². The van der Waals surface area contributed by atoms with Gasteiger partial charge in [-0.05, 0) is 0 Å². The maximum atomic E-state index is 4.88. The number of hydrogen-bond acceptors (Lipinski definition) is 1. The van der Waals surface area contributed by atoms with Crippen molar-refractivity contribution in [1.82, 2.24) is 0 Å². The molecule has 16 heavy (non-hydrogen) atoms. The van der Waals surface area contributed by atoms with Crippen molar-refractivity contribution in [3.63, 3.8) is 0 Å². The average molecular weight is 405 g/mol. The normalized spacial score (nSPS) is 20.8. The molecule has 2 heteroatoms. The summed E-state index contributed by atoms with van der Waals surface area (Å²) < 4.78 is 7.22. The third kappa shape index (κ3) is 1.96. The molecule has 0 N–H and O–H groups in total. The number of hydrogen-bond donors (Lipinski definition) is 0. The molecular weight excluding hydrogens is 391 g/mol. The van der Waals surface area contributed by atoms with Gasteiger partial charge in [0.25, 0.3) is 0 Å². The SMILES string of the molecule is [CH]1=C\c2ccccc2C2=C(CCCC2)[N]=[Bi]/1. The van der Waals surface area contributed by atoms with Gasteiger partial charge in [0.05, 0.1) is 0 Å². The third-order valence-electron chi connectivity index (χ3n) is 3.22. The first-order valence-corrected chi connectivity index (χ1v) is 9.40. The van der Waals surface area contributed by atoms with Crippen LogP contribution in [0.5, 0.6) is 0 Å². The molecule has 1 nitrogen and oxygen atoms in total. The molecule has 0 bridgehead atoms. The summed E-state index contributed by atoms with van der Waals surface area (Å²) in [6.07, 6.45) is 7.38. The van der Waals surface area contributed by atoms with E-state index < -0.39 is 23.1 Å². The Kier molecular flexibility index (Phi) is 3.10. The summed E-state index contributed by atoms with van der Waals surface area (Å²) in [5.74, 6) is 0. The minimum absolute atomic E-state index is 0.729. The van der Waals surface area contributed by atoms with Gasteiger partial charge in [-0.3, -0.25) is 0 Å². The topological polar surface area (TPSA) is 12.4 Å². The van der Waals surface area contributed by atoms with Crippen LogP contribution in [0.1, 0.15) is 36.8 Å². The zero-order valence-corrected chi connectivity index (χ0v) is 12.7. The van der Waals surface area contributed by atoms with Crippen molar-refractivity contribution in [3.05, 3.63) is 44.9 Å². The summed E-state index contributed by atoms with van der Waals surface area (Å²) in [5.41, 5.74) is 5.79. The Morgan fingerprint density at radius 1 is 1.06 bits per heavy atom. The summed E-state index contributed by atoms with van der Waals surface area (Å²) in [7, 11) is 0. The first-order valence-electron chi connectivity index (χ1n) is 5.84. The van der Waals surface area contributed by atoms with Crippen molar-refractivity contribution in [2.75, 3.05) is 0 Å². The second-order valence-electron chi connectivity index (χ2n) is 4.25. The van der Waals surface area contributed by atoms with Crippen molar-refractivity contribution in [2.45, 2.75) is 25.7 Å². The average Bonchev–Trinajstić information content (AvgIpc) is 2.33. The molecule has 1 aliphatic heterocycles. The fraction of sp³-hybridized carbons (Fsp3) is 0.286. The van der Waals surface area contributed by atoms with Gasteiger partial charge < -0.3 is 0 Å². The molecule has 3 rings (SSSR count). The zero-order valence-electron chi connectivity index (χ0n) is 9.19. The van der Waals surface area contributed by atoms with E-state index in [-0.39, 0.29) is 0 Å². The minimum atomic E-state index is -0.729. The molecule has 1 aromatic carbocycles. The number of rotatable bonds is 0. The van der Waals surface area contributed by atoms with Crippen LogP contribution < -0.4 is 0 Å². The number of fused-ring (bicyclic) bond motifs is 2. The third-order valence-corrected chi connectivity index (χ3v) is 5.71. The Morgan fingerprint density at radius 3 is 2.94 bits per heavy atom. The molecule has 80 valence electrons. The molecule has 0 radical (unpaired) electrons. The first kappa shape index (κ1) is 10.5. The number of nitrogens with zero attached hydrogens (tertiary/aromatic N) is 1. The van der Waals surface area contributed by atoms with Crippen molar-refractivity contribution < 1.29 is 0 Å². The summed E-state index contributed by atoms with van der Waals surface area (Å²) in [6.45, 7) is 0. The van der Waals surface area contributed by atoms with Crippen LogP contribution in [0.25, 0.3) is 11.6 Å². The van der Waals surface area contributed by atoms with Gasteiger partial charge in [-0.1, -0.05) is 0 Å². The number of benzene rings is 1. The molecule has 0 amide bonds. The Bertz CT molecular complexity index is 497. The molecule has 1 aliphatic carbocycles. The van der Waals surface area contributed by atoms with Crippen LogP contribution in [-0.2, 0) is 0 Å². The summed E-state index contributed by atoms with van der Waals surface area (Å²) >= 11 is -0.729. The molecule has 0 atom stereocenters. The molecule has 0 unspecified atom stereocenters. The van der Waals surface area contributed by atoms with Crippen LogP contribution in [0.4, 0.5) is 0 Å². The van der Waals surface area contributed by atoms with Gasteiger partial charge in [-0.2, -0.15) is 0 Å². The molecule has 0 fully saturated rings. The fourth-order valence-electron chi connectivity index (χ4n) is 2.42. The summed E-state index contributed by atoms with van der Waals surface area (Å²) in [5, 5.41) is 0. The van der Waals surface area contributed by atoms with Gasteiger partial charge in [0, 0.05) is 0 Å². The van der Waals surface area contributed by atoms with Crippen molar-refractivity contribution in [2.24, 2.45) is 2.87 Å². The van der Waals surface area contributed by atoms with Gasteiger partial charge in [0.2, 0.25) is 0 Å². The van der Waals surface area contributed by atoms with Crippen LogP contribution in [0, 0.1) is 0 Å².